The van der Waals surface area contributed by atoms with Crippen molar-refractivity contribution in [2.75, 3.05) is 27.3 Å². The summed E-state index contributed by atoms with van der Waals surface area (Å²) in [4.78, 5) is 66.5. The van der Waals surface area contributed by atoms with E-state index in [9.17, 15) is 14.4 Å². The van der Waals surface area contributed by atoms with Crippen LogP contribution in [0.15, 0.2) is 36.5 Å². The number of aromatic amines is 2. The number of aromatic nitrogens is 6. The molecule has 1 aliphatic rings. The molecular weight excluding hydrogens is 733 g/mol. The normalized spacial score (nSPS) is 16.3. The number of pyridine rings is 1. The van der Waals surface area contributed by atoms with Gasteiger partial charge in [0.25, 0.3) is 0 Å². The summed E-state index contributed by atoms with van der Waals surface area (Å²) in [5, 5.41) is 8.53. The van der Waals surface area contributed by atoms with Gasteiger partial charge >= 0.3 is 12.2 Å². The van der Waals surface area contributed by atoms with Crippen LogP contribution in [0.2, 0.25) is 0 Å². The standard InChI is InChI=1S/C40H50N10O5S/c1-20(2)28(45-39(52)54-5)18-22(9-7-15-41)34-46-31-25-12-11-23(17-24(25)19-42-36(31)49-34)37-44-27-14-13-26-32(33(27)56-37)47-35(43-26)29-10-8-16-50(29)38(51)30(21(3)4)48-40(53)55-6/h11-14,17,19-22,28-30H,7-10,15-16,18,41H2,1-6H3,(H,43,47)(H,45,52)(H,48,53)(H,42,46,49)/t22?,28-,29+,30+/m1/s1. The minimum Gasteiger partial charge on any atom is -0.453 e. The van der Waals surface area contributed by atoms with Crippen molar-refractivity contribution in [3.05, 3.63) is 48.2 Å². The molecule has 1 saturated heterocycles. The van der Waals surface area contributed by atoms with Gasteiger partial charge in [0.1, 0.15) is 22.7 Å². The summed E-state index contributed by atoms with van der Waals surface area (Å²) in [7, 11) is 2.67. The quantitative estimate of drug-likeness (QED) is 0.0819. The zero-order valence-electron chi connectivity index (χ0n) is 32.6. The highest BCUT2D eigenvalue weighted by Gasteiger charge is 2.38. The van der Waals surface area contributed by atoms with Crippen LogP contribution in [0, 0.1) is 11.8 Å². The first-order valence-corrected chi connectivity index (χ1v) is 20.1. The van der Waals surface area contributed by atoms with Crippen molar-refractivity contribution in [1.29, 1.82) is 0 Å². The lowest BCUT2D eigenvalue weighted by atomic mass is 9.89. The number of amides is 3. The zero-order chi connectivity index (χ0) is 39.7. The number of fused-ring (bicyclic) bond motifs is 6. The van der Waals surface area contributed by atoms with Gasteiger partial charge < -0.3 is 40.7 Å². The van der Waals surface area contributed by atoms with Gasteiger partial charge in [-0.25, -0.2) is 29.5 Å². The van der Waals surface area contributed by atoms with Crippen LogP contribution in [0.4, 0.5) is 9.59 Å². The number of imidazole rings is 2. The molecular formula is C40H50N10O5S. The molecule has 1 aliphatic heterocycles. The lowest BCUT2D eigenvalue weighted by Gasteiger charge is -2.29. The number of hydrogen-bond donors (Lipinski definition) is 5. The molecule has 15 nitrogen and oxygen atoms in total. The van der Waals surface area contributed by atoms with Crippen LogP contribution in [0.1, 0.15) is 83.4 Å². The van der Waals surface area contributed by atoms with Gasteiger partial charge in [0, 0.05) is 41.0 Å². The second-order valence-corrected chi connectivity index (χ2v) is 16.2. The van der Waals surface area contributed by atoms with Gasteiger partial charge in [-0.2, -0.15) is 0 Å². The van der Waals surface area contributed by atoms with Crippen molar-refractivity contribution in [3.63, 3.8) is 0 Å². The van der Waals surface area contributed by atoms with Crippen LogP contribution in [0.3, 0.4) is 0 Å². The topological polar surface area (TPSA) is 206 Å². The van der Waals surface area contributed by atoms with Gasteiger partial charge in [0.15, 0.2) is 5.65 Å². The minimum atomic E-state index is -0.704. The smallest absolute Gasteiger partial charge is 0.407 e. The maximum Gasteiger partial charge on any atom is 0.407 e. The lowest BCUT2D eigenvalue weighted by molar-refractivity contribution is -0.135. The number of carbonyl (C=O) groups is 3. The maximum atomic E-state index is 13.7. The molecule has 0 bridgehead atoms. The number of ether oxygens (including phenoxy) is 2. The van der Waals surface area contributed by atoms with Crippen LogP contribution in [0.25, 0.3) is 53.8 Å². The Hall–Kier alpha value is -5.35. The number of carbonyl (C=O) groups excluding carboxylic acids is 3. The van der Waals surface area contributed by atoms with Crippen molar-refractivity contribution in [3.8, 4) is 10.6 Å². The molecule has 0 saturated carbocycles. The summed E-state index contributed by atoms with van der Waals surface area (Å²) < 4.78 is 10.7. The minimum absolute atomic E-state index is 0.0342. The molecule has 6 aromatic rings. The first-order chi connectivity index (χ1) is 27.0. The Kier molecular flexibility index (Phi) is 11.4. The summed E-state index contributed by atoms with van der Waals surface area (Å²) >= 11 is 1.59. The number of hydrogen-bond acceptors (Lipinski definition) is 11. The largest absolute Gasteiger partial charge is 0.453 e. The number of nitrogens with two attached hydrogens (primary N) is 1. The predicted molar refractivity (Wildman–Crippen MR) is 217 cm³/mol. The van der Waals surface area contributed by atoms with Gasteiger partial charge in [0.05, 0.1) is 47.0 Å². The van der Waals surface area contributed by atoms with E-state index in [0.29, 0.717) is 25.2 Å². The Morgan fingerprint density at radius 1 is 0.964 bits per heavy atom. The highest BCUT2D eigenvalue weighted by molar-refractivity contribution is 7.22. The maximum absolute atomic E-state index is 13.7. The summed E-state index contributed by atoms with van der Waals surface area (Å²) in [6.07, 6.45) is 4.70. The molecule has 1 unspecified atom stereocenters. The fraction of sp³-hybridized carbons (Fsp3) is 0.475. The van der Waals surface area contributed by atoms with E-state index in [4.69, 9.17) is 35.1 Å². The van der Waals surface area contributed by atoms with Gasteiger partial charge in [-0.1, -0.05) is 39.8 Å². The van der Waals surface area contributed by atoms with Crippen molar-refractivity contribution in [1.82, 2.24) is 45.4 Å². The number of likely N-dealkylation sites (tertiary alicyclic amines) is 1. The van der Waals surface area contributed by atoms with E-state index in [1.54, 1.807) is 11.3 Å². The first-order valence-electron chi connectivity index (χ1n) is 19.3. The molecule has 16 heteroatoms. The molecule has 1 fully saturated rings. The van der Waals surface area contributed by atoms with Crippen LogP contribution in [0.5, 0.6) is 0 Å². The average molecular weight is 783 g/mol. The number of nitrogens with one attached hydrogen (secondary N) is 4. The van der Waals surface area contributed by atoms with Gasteiger partial charge in [-0.3, -0.25) is 4.79 Å². The molecule has 2 aromatic carbocycles. The van der Waals surface area contributed by atoms with Crippen molar-refractivity contribution < 1.29 is 23.9 Å². The Morgan fingerprint density at radius 2 is 1.73 bits per heavy atom. The van der Waals surface area contributed by atoms with Gasteiger partial charge in [0.2, 0.25) is 5.91 Å². The average Bonchev–Trinajstić information content (AvgIpc) is 4.01. The number of rotatable bonds is 13. The fourth-order valence-electron chi connectivity index (χ4n) is 7.72. The Morgan fingerprint density at radius 3 is 2.46 bits per heavy atom. The summed E-state index contributed by atoms with van der Waals surface area (Å²) in [6.45, 7) is 9.11. The molecule has 4 aromatic heterocycles. The number of thiazole rings is 1. The van der Waals surface area contributed by atoms with E-state index >= 15 is 0 Å². The van der Waals surface area contributed by atoms with Crippen LogP contribution < -0.4 is 16.4 Å². The van der Waals surface area contributed by atoms with Crippen LogP contribution in [-0.2, 0) is 14.3 Å². The Balaban J connectivity index is 1.17. The molecule has 0 radical (unpaired) electrons. The van der Waals surface area contributed by atoms with E-state index in [0.717, 1.165) is 85.4 Å². The van der Waals surface area contributed by atoms with Crippen LogP contribution in [-0.4, -0.2) is 92.3 Å². The SMILES string of the molecule is COC(=O)N[C@H](C(=O)N1CCC[C@H]1c1nc2ccc3nc(-c4ccc5c(cnc6nc(C(CCCN)C[C@@H](NC(=O)OC)C(C)C)[nH]c65)c4)sc3c2[nH]1)C(C)C. The number of methoxy groups -OCH3 is 2. The predicted octanol–water partition coefficient (Wildman–Crippen LogP) is 6.90. The number of H-pyrrole nitrogens is 2. The molecule has 6 N–H and O–H groups in total. The molecule has 7 rings (SSSR count). The molecule has 0 aliphatic carbocycles. The van der Waals surface area contributed by atoms with Gasteiger partial charge in [-0.15, -0.1) is 11.3 Å². The Bertz CT molecular complexity index is 2390. The van der Waals surface area contributed by atoms with Crippen molar-refractivity contribution >= 4 is 72.6 Å². The van der Waals surface area contributed by atoms with Crippen LogP contribution >= 0.6 is 11.3 Å². The molecule has 0 spiro atoms. The molecule has 5 heterocycles. The van der Waals surface area contributed by atoms with E-state index < -0.39 is 18.2 Å². The van der Waals surface area contributed by atoms with Crippen molar-refractivity contribution in [2.24, 2.45) is 17.6 Å². The van der Waals surface area contributed by atoms with E-state index in [-0.39, 0.29) is 35.7 Å². The molecule has 3 amide bonds. The third-order valence-corrected chi connectivity index (χ3v) is 12.0. The lowest BCUT2D eigenvalue weighted by Crippen LogP contribution is -2.51. The highest BCUT2D eigenvalue weighted by Crippen LogP contribution is 2.39. The highest BCUT2D eigenvalue weighted by atomic mass is 32.1. The summed E-state index contributed by atoms with van der Waals surface area (Å²) in [6, 6.07) is 9.17. The molecule has 296 valence electrons. The van der Waals surface area contributed by atoms with Gasteiger partial charge in [-0.05, 0) is 68.7 Å². The Labute approximate surface area is 328 Å². The fourth-order valence-corrected chi connectivity index (χ4v) is 8.78. The summed E-state index contributed by atoms with van der Waals surface area (Å²) in [5.74, 6) is 1.51. The second kappa shape index (κ2) is 16.4. The third kappa shape index (κ3) is 7.72. The monoisotopic (exact) mass is 782 g/mol. The summed E-state index contributed by atoms with van der Waals surface area (Å²) in [5.41, 5.74) is 10.9. The van der Waals surface area contributed by atoms with E-state index in [2.05, 4.69) is 52.6 Å². The van der Waals surface area contributed by atoms with E-state index in [1.165, 1.54) is 14.2 Å². The van der Waals surface area contributed by atoms with Crippen molar-refractivity contribution in [2.45, 2.75) is 83.8 Å². The molecule has 56 heavy (non-hydrogen) atoms. The zero-order valence-corrected chi connectivity index (χ0v) is 33.5. The van der Waals surface area contributed by atoms with E-state index in [1.807, 2.05) is 37.1 Å². The second-order valence-electron chi connectivity index (χ2n) is 15.2. The first kappa shape index (κ1) is 38.9. The number of benzene rings is 2. The third-order valence-electron chi connectivity index (χ3n) is 10.8. The number of nitrogens with zero attached hydrogens (tertiary/aromatic N) is 5. The molecule has 4 atom stereocenters. The number of alkyl carbamates (subject to hydrolysis) is 2.